The van der Waals surface area contributed by atoms with E-state index < -0.39 is 0 Å². The van der Waals surface area contributed by atoms with Crippen LogP contribution >= 0.6 is 0 Å². The van der Waals surface area contributed by atoms with Gasteiger partial charge in [0.05, 0.1) is 12.7 Å². The van der Waals surface area contributed by atoms with Crippen molar-refractivity contribution in [2.45, 2.75) is 33.3 Å². The molecule has 0 aromatic rings. The molecule has 0 heterocycles. The van der Waals surface area contributed by atoms with Crippen LogP contribution in [0.1, 0.15) is 27.2 Å². The summed E-state index contributed by atoms with van der Waals surface area (Å²) in [4.78, 5) is 11.0. The van der Waals surface area contributed by atoms with E-state index in [4.69, 9.17) is 4.74 Å². The zero-order valence-electron chi connectivity index (χ0n) is 9.43. The van der Waals surface area contributed by atoms with Gasteiger partial charge < -0.3 is 15.4 Å². The predicted octanol–water partition coefficient (Wildman–Crippen LogP) is 0.527. The Kier molecular flexibility index (Phi) is 8.57. The quantitative estimate of drug-likeness (QED) is 0.564. The lowest BCUT2D eigenvalue weighted by atomic mass is 10.4. The number of carbonyl (C=O) groups is 1. The number of hydrogen-bond donors (Lipinski definition) is 2. The van der Waals surface area contributed by atoms with Crippen LogP contribution in [0.25, 0.3) is 0 Å². The molecule has 0 fully saturated rings. The minimum atomic E-state index is 0.102. The molecule has 0 aromatic heterocycles. The maximum absolute atomic E-state index is 11.0. The van der Waals surface area contributed by atoms with Crippen molar-refractivity contribution in [3.63, 3.8) is 0 Å². The molecule has 0 unspecified atom stereocenters. The summed E-state index contributed by atoms with van der Waals surface area (Å²) in [6.45, 7) is 8.86. The van der Waals surface area contributed by atoms with E-state index in [1.165, 1.54) is 0 Å². The van der Waals surface area contributed by atoms with Crippen molar-refractivity contribution in [3.05, 3.63) is 0 Å². The average Bonchev–Trinajstić information content (AvgIpc) is 2.11. The van der Waals surface area contributed by atoms with Crippen molar-refractivity contribution in [1.29, 1.82) is 0 Å². The monoisotopic (exact) mass is 202 g/mol. The summed E-state index contributed by atoms with van der Waals surface area (Å²) in [6, 6.07) is 0. The molecule has 0 saturated heterocycles. The molecule has 4 heteroatoms. The van der Waals surface area contributed by atoms with Crippen LogP contribution in [0.5, 0.6) is 0 Å². The molecule has 0 bridgehead atoms. The van der Waals surface area contributed by atoms with Gasteiger partial charge in [0.15, 0.2) is 0 Å². The molecule has 0 aliphatic carbocycles. The Hall–Kier alpha value is -0.610. The van der Waals surface area contributed by atoms with E-state index in [1.807, 2.05) is 20.8 Å². The fourth-order valence-corrected chi connectivity index (χ4v) is 0.979. The third kappa shape index (κ3) is 9.48. The molecule has 4 nitrogen and oxygen atoms in total. The van der Waals surface area contributed by atoms with E-state index in [0.29, 0.717) is 26.1 Å². The van der Waals surface area contributed by atoms with Crippen LogP contribution in [0, 0.1) is 0 Å². The van der Waals surface area contributed by atoms with Gasteiger partial charge in [-0.15, -0.1) is 0 Å². The van der Waals surface area contributed by atoms with E-state index in [1.54, 1.807) is 0 Å². The van der Waals surface area contributed by atoms with Gasteiger partial charge in [0.1, 0.15) is 0 Å². The second-order valence-corrected chi connectivity index (χ2v) is 3.37. The van der Waals surface area contributed by atoms with Crippen molar-refractivity contribution in [2.75, 3.05) is 26.2 Å². The van der Waals surface area contributed by atoms with E-state index in [2.05, 4.69) is 10.6 Å². The highest BCUT2D eigenvalue weighted by Crippen LogP contribution is 1.85. The van der Waals surface area contributed by atoms with Crippen molar-refractivity contribution in [2.24, 2.45) is 0 Å². The smallest absolute Gasteiger partial charge is 0.221 e. The fourth-order valence-electron chi connectivity index (χ4n) is 0.979. The van der Waals surface area contributed by atoms with Crippen molar-refractivity contribution < 1.29 is 9.53 Å². The number of nitrogens with one attached hydrogen (secondary N) is 2. The number of carbonyl (C=O) groups excluding carboxylic acids is 1. The van der Waals surface area contributed by atoms with Crippen LogP contribution in [0.3, 0.4) is 0 Å². The molecule has 0 aliphatic heterocycles. The van der Waals surface area contributed by atoms with Gasteiger partial charge in [0, 0.05) is 26.1 Å². The lowest BCUT2D eigenvalue weighted by Gasteiger charge is -2.08. The summed E-state index contributed by atoms with van der Waals surface area (Å²) in [5.41, 5.74) is 0. The largest absolute Gasteiger partial charge is 0.377 e. The fraction of sp³-hybridized carbons (Fsp3) is 0.900. The molecule has 0 aromatic carbocycles. The highest BCUT2D eigenvalue weighted by atomic mass is 16.5. The van der Waals surface area contributed by atoms with Crippen LogP contribution in [0.15, 0.2) is 0 Å². The lowest BCUT2D eigenvalue weighted by molar-refractivity contribution is -0.120. The first-order chi connectivity index (χ1) is 6.66. The van der Waals surface area contributed by atoms with Gasteiger partial charge in [-0.3, -0.25) is 4.79 Å². The maximum Gasteiger partial charge on any atom is 0.221 e. The Morgan fingerprint density at radius 2 is 2.07 bits per heavy atom. The van der Waals surface area contributed by atoms with Crippen LogP contribution in [-0.2, 0) is 9.53 Å². The van der Waals surface area contributed by atoms with Crippen molar-refractivity contribution in [3.8, 4) is 0 Å². The Bertz CT molecular complexity index is 149. The first-order valence-electron chi connectivity index (χ1n) is 5.25. The van der Waals surface area contributed by atoms with Gasteiger partial charge >= 0.3 is 0 Å². The van der Waals surface area contributed by atoms with E-state index in [0.717, 1.165) is 6.54 Å². The molecule has 0 radical (unpaired) electrons. The standard InChI is InChI=1S/C10H22N2O2/c1-4-12-10(13)5-6-11-7-8-14-9(2)3/h9,11H,4-8H2,1-3H3,(H,12,13). The van der Waals surface area contributed by atoms with Crippen LogP contribution in [-0.4, -0.2) is 38.3 Å². The van der Waals surface area contributed by atoms with Gasteiger partial charge in [-0.2, -0.15) is 0 Å². The van der Waals surface area contributed by atoms with Gasteiger partial charge in [-0.05, 0) is 20.8 Å². The van der Waals surface area contributed by atoms with Gasteiger partial charge in [0.25, 0.3) is 0 Å². The summed E-state index contributed by atoms with van der Waals surface area (Å²) in [5, 5.41) is 5.89. The van der Waals surface area contributed by atoms with Gasteiger partial charge in [-0.1, -0.05) is 0 Å². The summed E-state index contributed by atoms with van der Waals surface area (Å²) in [7, 11) is 0. The molecule has 1 amide bonds. The van der Waals surface area contributed by atoms with Gasteiger partial charge in [-0.25, -0.2) is 0 Å². The third-order valence-electron chi connectivity index (χ3n) is 1.63. The first-order valence-corrected chi connectivity index (χ1v) is 5.25. The Morgan fingerprint density at radius 3 is 2.64 bits per heavy atom. The number of ether oxygens (including phenoxy) is 1. The SMILES string of the molecule is CCNC(=O)CCNCCOC(C)C. The third-order valence-corrected chi connectivity index (χ3v) is 1.63. The minimum absolute atomic E-state index is 0.102. The second kappa shape index (κ2) is 8.97. The molecule has 0 spiro atoms. The topological polar surface area (TPSA) is 50.4 Å². The molecule has 0 aliphatic rings. The summed E-state index contributed by atoms with van der Waals surface area (Å²) < 4.78 is 5.33. The lowest BCUT2D eigenvalue weighted by Crippen LogP contribution is -2.29. The Labute approximate surface area is 86.4 Å². The first kappa shape index (κ1) is 13.4. The Morgan fingerprint density at radius 1 is 1.36 bits per heavy atom. The molecule has 0 rings (SSSR count). The molecular formula is C10H22N2O2. The van der Waals surface area contributed by atoms with Crippen LogP contribution in [0.2, 0.25) is 0 Å². The highest BCUT2D eigenvalue weighted by Gasteiger charge is 1.97. The van der Waals surface area contributed by atoms with Crippen LogP contribution < -0.4 is 10.6 Å². The average molecular weight is 202 g/mol. The minimum Gasteiger partial charge on any atom is -0.377 e. The van der Waals surface area contributed by atoms with Crippen LogP contribution in [0.4, 0.5) is 0 Å². The molecule has 0 atom stereocenters. The highest BCUT2D eigenvalue weighted by molar-refractivity contribution is 5.75. The molecular weight excluding hydrogens is 180 g/mol. The predicted molar refractivity (Wildman–Crippen MR) is 57.3 cm³/mol. The van der Waals surface area contributed by atoms with E-state index in [-0.39, 0.29) is 12.0 Å². The zero-order chi connectivity index (χ0) is 10.8. The second-order valence-electron chi connectivity index (χ2n) is 3.37. The molecule has 14 heavy (non-hydrogen) atoms. The number of amides is 1. The van der Waals surface area contributed by atoms with Gasteiger partial charge in [0.2, 0.25) is 5.91 Å². The normalized spacial score (nSPS) is 10.6. The van der Waals surface area contributed by atoms with Crippen molar-refractivity contribution in [1.82, 2.24) is 10.6 Å². The number of rotatable bonds is 8. The van der Waals surface area contributed by atoms with E-state index in [9.17, 15) is 4.79 Å². The maximum atomic E-state index is 11.0. The summed E-state index contributed by atoms with van der Waals surface area (Å²) in [5.74, 6) is 0.102. The van der Waals surface area contributed by atoms with E-state index >= 15 is 0 Å². The Balaban J connectivity index is 3.09. The summed E-state index contributed by atoms with van der Waals surface area (Å²) in [6.07, 6.45) is 0.815. The molecule has 0 saturated carbocycles. The molecule has 84 valence electrons. The number of hydrogen-bond acceptors (Lipinski definition) is 3. The van der Waals surface area contributed by atoms with Crippen molar-refractivity contribution >= 4 is 5.91 Å². The summed E-state index contributed by atoms with van der Waals surface area (Å²) >= 11 is 0. The molecule has 2 N–H and O–H groups in total. The zero-order valence-corrected chi connectivity index (χ0v) is 9.43.